The number of hydrogen-bond donors (Lipinski definition) is 0. The average Bonchev–Trinajstić information content (AvgIpc) is 2.96. The van der Waals surface area contributed by atoms with Crippen LogP contribution in [0.1, 0.15) is 5.56 Å². The molecule has 0 bridgehead atoms. The second-order valence-electron chi connectivity index (χ2n) is 5.53. The van der Waals surface area contributed by atoms with Gasteiger partial charge in [-0.25, -0.2) is 4.79 Å². The first-order chi connectivity index (χ1) is 11.6. The molecule has 2 amide bonds. The Hall–Kier alpha value is -2.21. The van der Waals surface area contributed by atoms with Gasteiger partial charge in [-0.3, -0.25) is 4.90 Å². The molecular formula is C18H19BrN2O3. The molecular weight excluding hydrogens is 372 g/mol. The van der Waals surface area contributed by atoms with Crippen LogP contribution in [0.2, 0.25) is 0 Å². The molecule has 0 spiro atoms. The Kier molecular flexibility index (Phi) is 4.94. The number of benzene rings is 2. The van der Waals surface area contributed by atoms with Gasteiger partial charge in [0.1, 0.15) is 11.5 Å². The standard InChI is InChI=1S/C18H19BrN2O3/c1-23-15-5-3-4-13(10-15)12-20-8-9-21(18(20)22)14-6-7-16(19)17(11-14)24-2/h3-7,10-11H,8-9,12H2,1-2H3. The van der Waals surface area contributed by atoms with Crippen LogP contribution in [0, 0.1) is 0 Å². The largest absolute Gasteiger partial charge is 0.497 e. The molecule has 0 unspecified atom stereocenters. The van der Waals surface area contributed by atoms with E-state index in [9.17, 15) is 4.79 Å². The van der Waals surface area contributed by atoms with Gasteiger partial charge in [-0.05, 0) is 45.8 Å². The van der Waals surface area contributed by atoms with E-state index in [2.05, 4.69) is 15.9 Å². The maximum Gasteiger partial charge on any atom is 0.324 e. The third-order valence-corrected chi connectivity index (χ3v) is 4.70. The molecule has 0 aliphatic carbocycles. The first kappa shape index (κ1) is 16.6. The first-order valence-electron chi connectivity index (χ1n) is 7.65. The van der Waals surface area contributed by atoms with Crippen molar-refractivity contribution < 1.29 is 14.3 Å². The minimum atomic E-state index is 0.00203. The molecule has 1 saturated heterocycles. The Balaban J connectivity index is 1.75. The van der Waals surface area contributed by atoms with E-state index in [0.717, 1.165) is 21.5 Å². The summed E-state index contributed by atoms with van der Waals surface area (Å²) in [7, 11) is 3.26. The summed E-state index contributed by atoms with van der Waals surface area (Å²) in [5, 5.41) is 0. The van der Waals surface area contributed by atoms with E-state index in [1.165, 1.54) is 0 Å². The number of urea groups is 1. The number of nitrogens with zero attached hydrogens (tertiary/aromatic N) is 2. The summed E-state index contributed by atoms with van der Waals surface area (Å²) in [5.41, 5.74) is 1.89. The van der Waals surface area contributed by atoms with Gasteiger partial charge in [0.2, 0.25) is 0 Å². The molecule has 1 fully saturated rings. The van der Waals surface area contributed by atoms with Crippen LogP contribution in [0.5, 0.6) is 11.5 Å². The zero-order valence-corrected chi connectivity index (χ0v) is 15.2. The van der Waals surface area contributed by atoms with E-state index in [1.54, 1.807) is 19.1 Å². The number of amides is 2. The predicted octanol–water partition coefficient (Wildman–Crippen LogP) is 3.91. The second kappa shape index (κ2) is 7.13. The molecule has 5 nitrogen and oxygen atoms in total. The summed E-state index contributed by atoms with van der Waals surface area (Å²) < 4.78 is 11.4. The Labute approximate surface area is 149 Å². The lowest BCUT2D eigenvalue weighted by atomic mass is 10.2. The minimum absolute atomic E-state index is 0.00203. The van der Waals surface area contributed by atoms with E-state index < -0.39 is 0 Å². The van der Waals surface area contributed by atoms with E-state index in [4.69, 9.17) is 9.47 Å². The molecule has 2 aromatic rings. The molecule has 2 aromatic carbocycles. The van der Waals surface area contributed by atoms with Gasteiger partial charge >= 0.3 is 6.03 Å². The van der Waals surface area contributed by atoms with Crippen LogP contribution in [0.3, 0.4) is 0 Å². The van der Waals surface area contributed by atoms with Crippen molar-refractivity contribution in [1.82, 2.24) is 4.90 Å². The highest BCUT2D eigenvalue weighted by atomic mass is 79.9. The third-order valence-electron chi connectivity index (χ3n) is 4.05. The van der Waals surface area contributed by atoms with Gasteiger partial charge in [-0.1, -0.05) is 12.1 Å². The number of carbonyl (C=O) groups is 1. The molecule has 1 heterocycles. The molecule has 0 radical (unpaired) electrons. The smallest absolute Gasteiger partial charge is 0.324 e. The lowest BCUT2D eigenvalue weighted by Gasteiger charge is -2.19. The Morgan fingerprint density at radius 3 is 2.67 bits per heavy atom. The molecule has 1 aliphatic heterocycles. The fourth-order valence-electron chi connectivity index (χ4n) is 2.78. The highest BCUT2D eigenvalue weighted by Crippen LogP contribution is 2.31. The molecule has 0 aromatic heterocycles. The molecule has 126 valence electrons. The monoisotopic (exact) mass is 390 g/mol. The van der Waals surface area contributed by atoms with Crippen LogP contribution in [0.25, 0.3) is 0 Å². The number of hydrogen-bond acceptors (Lipinski definition) is 3. The van der Waals surface area contributed by atoms with Crippen LogP contribution in [-0.2, 0) is 6.54 Å². The molecule has 0 saturated carbocycles. The van der Waals surface area contributed by atoms with Gasteiger partial charge in [-0.2, -0.15) is 0 Å². The van der Waals surface area contributed by atoms with Gasteiger partial charge in [0.05, 0.1) is 18.7 Å². The van der Waals surface area contributed by atoms with Crippen LogP contribution >= 0.6 is 15.9 Å². The number of ether oxygens (including phenoxy) is 2. The molecule has 24 heavy (non-hydrogen) atoms. The van der Waals surface area contributed by atoms with Crippen LogP contribution < -0.4 is 14.4 Å². The number of rotatable bonds is 5. The number of halogens is 1. The number of anilines is 1. The Morgan fingerprint density at radius 1 is 1.08 bits per heavy atom. The Bertz CT molecular complexity index is 751. The average molecular weight is 391 g/mol. The summed E-state index contributed by atoms with van der Waals surface area (Å²) in [4.78, 5) is 16.3. The maximum absolute atomic E-state index is 12.7. The van der Waals surface area contributed by atoms with E-state index in [1.807, 2.05) is 47.4 Å². The molecule has 0 atom stereocenters. The summed E-state index contributed by atoms with van der Waals surface area (Å²) in [6.07, 6.45) is 0. The summed E-state index contributed by atoms with van der Waals surface area (Å²) in [5.74, 6) is 1.51. The summed E-state index contributed by atoms with van der Waals surface area (Å²) in [6.45, 7) is 1.92. The fraction of sp³-hybridized carbons (Fsp3) is 0.278. The van der Waals surface area contributed by atoms with Gasteiger partial charge in [0, 0.05) is 31.4 Å². The van der Waals surface area contributed by atoms with Crippen LogP contribution in [-0.4, -0.2) is 38.2 Å². The molecule has 6 heteroatoms. The van der Waals surface area contributed by atoms with Crippen molar-refractivity contribution in [2.75, 3.05) is 32.2 Å². The van der Waals surface area contributed by atoms with Crippen molar-refractivity contribution in [3.8, 4) is 11.5 Å². The van der Waals surface area contributed by atoms with Crippen molar-refractivity contribution in [1.29, 1.82) is 0 Å². The normalized spacial score (nSPS) is 14.2. The second-order valence-corrected chi connectivity index (χ2v) is 6.38. The zero-order chi connectivity index (χ0) is 17.1. The van der Waals surface area contributed by atoms with Crippen molar-refractivity contribution in [3.05, 3.63) is 52.5 Å². The summed E-state index contributed by atoms with van der Waals surface area (Å²) >= 11 is 3.43. The predicted molar refractivity (Wildman–Crippen MR) is 96.8 cm³/mol. The molecule has 0 N–H and O–H groups in total. The van der Waals surface area contributed by atoms with Crippen molar-refractivity contribution >= 4 is 27.6 Å². The van der Waals surface area contributed by atoms with E-state index >= 15 is 0 Å². The fourth-order valence-corrected chi connectivity index (χ4v) is 3.18. The highest BCUT2D eigenvalue weighted by molar-refractivity contribution is 9.10. The zero-order valence-electron chi connectivity index (χ0n) is 13.7. The van der Waals surface area contributed by atoms with Crippen molar-refractivity contribution in [2.45, 2.75) is 6.54 Å². The lowest BCUT2D eigenvalue weighted by Crippen LogP contribution is -2.31. The lowest BCUT2D eigenvalue weighted by molar-refractivity contribution is 0.218. The van der Waals surface area contributed by atoms with E-state index in [-0.39, 0.29) is 6.03 Å². The van der Waals surface area contributed by atoms with E-state index in [0.29, 0.717) is 25.4 Å². The molecule has 1 aliphatic rings. The molecule has 3 rings (SSSR count). The topological polar surface area (TPSA) is 42.0 Å². The van der Waals surface area contributed by atoms with Gasteiger partial charge in [0.25, 0.3) is 0 Å². The SMILES string of the molecule is COc1cccc(CN2CCN(c3ccc(Br)c(OC)c3)C2=O)c1. The maximum atomic E-state index is 12.7. The number of carbonyl (C=O) groups excluding carboxylic acids is 1. The minimum Gasteiger partial charge on any atom is -0.497 e. The number of methoxy groups -OCH3 is 2. The van der Waals surface area contributed by atoms with Gasteiger partial charge in [-0.15, -0.1) is 0 Å². The highest BCUT2D eigenvalue weighted by Gasteiger charge is 2.29. The van der Waals surface area contributed by atoms with Crippen LogP contribution in [0.4, 0.5) is 10.5 Å². The van der Waals surface area contributed by atoms with Gasteiger partial charge < -0.3 is 14.4 Å². The van der Waals surface area contributed by atoms with Crippen molar-refractivity contribution in [2.24, 2.45) is 0 Å². The quantitative estimate of drug-likeness (QED) is 0.776. The Morgan fingerprint density at radius 2 is 1.92 bits per heavy atom. The van der Waals surface area contributed by atoms with Crippen molar-refractivity contribution in [3.63, 3.8) is 0 Å². The summed E-state index contributed by atoms with van der Waals surface area (Å²) in [6, 6.07) is 13.5. The van der Waals surface area contributed by atoms with Crippen LogP contribution in [0.15, 0.2) is 46.9 Å². The first-order valence-corrected chi connectivity index (χ1v) is 8.44. The third kappa shape index (κ3) is 3.33. The van der Waals surface area contributed by atoms with Gasteiger partial charge in [0.15, 0.2) is 0 Å².